The Bertz CT molecular complexity index is 470. The monoisotopic (exact) mass is 297 g/mol. The molecule has 0 aliphatic carbocycles. The second kappa shape index (κ2) is 7.04. The third-order valence-electron chi connectivity index (χ3n) is 3.69. The Labute approximate surface area is 124 Å². The molecular weight excluding hydrogens is 274 g/mol. The van der Waals surface area contributed by atoms with Gasteiger partial charge in [0.15, 0.2) is 5.16 Å². The Morgan fingerprint density at radius 1 is 1.30 bits per heavy atom. The Hall–Kier alpha value is -1.14. The lowest BCUT2D eigenvalue weighted by molar-refractivity contribution is -0.144. The van der Waals surface area contributed by atoms with Gasteiger partial charge >= 0.3 is 5.97 Å². The predicted molar refractivity (Wildman–Crippen MR) is 81.3 cm³/mol. The minimum absolute atomic E-state index is 0.579. The largest absolute Gasteiger partial charge is 0.480 e. The second-order valence-corrected chi connectivity index (χ2v) is 6.20. The summed E-state index contributed by atoms with van der Waals surface area (Å²) in [5, 5.41) is 12.8. The van der Waals surface area contributed by atoms with Crippen LogP contribution in [0.1, 0.15) is 36.7 Å². The number of carboxylic acids is 1. The van der Waals surface area contributed by atoms with E-state index in [0.717, 1.165) is 34.3 Å². The topological polar surface area (TPSA) is 75.1 Å². The van der Waals surface area contributed by atoms with Crippen molar-refractivity contribution in [2.45, 2.75) is 51.2 Å². The summed E-state index contributed by atoms with van der Waals surface area (Å²) in [7, 11) is 1.68. The lowest BCUT2D eigenvalue weighted by Gasteiger charge is -2.23. The van der Waals surface area contributed by atoms with E-state index < -0.39 is 11.5 Å². The van der Waals surface area contributed by atoms with Gasteiger partial charge in [0.2, 0.25) is 0 Å². The average molecular weight is 297 g/mol. The summed E-state index contributed by atoms with van der Waals surface area (Å²) in [6.45, 7) is 7.69. The van der Waals surface area contributed by atoms with Gasteiger partial charge in [0.1, 0.15) is 5.54 Å². The number of hydrogen-bond donors (Lipinski definition) is 2. The summed E-state index contributed by atoms with van der Waals surface area (Å²) < 4.78 is 0. The van der Waals surface area contributed by atoms with Crippen LogP contribution in [0.15, 0.2) is 5.16 Å². The Morgan fingerprint density at radius 3 is 2.30 bits per heavy atom. The number of thioether (sulfide) groups is 1. The van der Waals surface area contributed by atoms with Crippen molar-refractivity contribution in [3.63, 3.8) is 0 Å². The number of carboxylic acid groups (broad SMARTS) is 1. The van der Waals surface area contributed by atoms with Crippen LogP contribution in [0, 0.1) is 20.8 Å². The van der Waals surface area contributed by atoms with Gasteiger partial charge in [-0.2, -0.15) is 0 Å². The fourth-order valence-electron chi connectivity index (χ4n) is 1.73. The van der Waals surface area contributed by atoms with Gasteiger partial charge < -0.3 is 10.4 Å². The van der Waals surface area contributed by atoms with E-state index in [4.69, 9.17) is 5.11 Å². The zero-order valence-electron chi connectivity index (χ0n) is 12.8. The molecule has 1 atom stereocenters. The quantitative estimate of drug-likeness (QED) is 0.457. The second-order valence-electron chi connectivity index (χ2n) is 5.14. The third-order valence-corrected chi connectivity index (χ3v) is 4.62. The van der Waals surface area contributed by atoms with Crippen LogP contribution in [-0.4, -0.2) is 39.4 Å². The standard InChI is InChI=1S/C14H23N3O2S/c1-9-10(2)16-13(17-11(9)3)20-8-6-7-14(4,15-5)12(18)19/h15H,6-8H2,1-5H3,(H,18,19). The summed E-state index contributed by atoms with van der Waals surface area (Å²) in [6, 6.07) is 0. The molecule has 1 heterocycles. The van der Waals surface area contributed by atoms with Crippen molar-refractivity contribution in [1.82, 2.24) is 15.3 Å². The minimum atomic E-state index is -0.861. The number of aliphatic carboxylic acids is 1. The Kier molecular flexibility index (Phi) is 5.95. The fraction of sp³-hybridized carbons (Fsp3) is 0.643. The first kappa shape index (κ1) is 16.9. The molecule has 20 heavy (non-hydrogen) atoms. The molecule has 0 aliphatic rings. The van der Waals surface area contributed by atoms with Crippen molar-refractivity contribution in [1.29, 1.82) is 0 Å². The lowest BCUT2D eigenvalue weighted by Crippen LogP contribution is -2.47. The number of nitrogens with zero attached hydrogens (tertiary/aromatic N) is 2. The molecule has 6 heteroatoms. The molecule has 1 unspecified atom stereocenters. The van der Waals surface area contributed by atoms with Crippen molar-refractivity contribution in [2.75, 3.05) is 12.8 Å². The summed E-state index contributed by atoms with van der Waals surface area (Å²) in [5.41, 5.74) is 2.28. The molecular formula is C14H23N3O2S. The first-order valence-corrected chi connectivity index (χ1v) is 7.65. The zero-order chi connectivity index (χ0) is 15.3. The SMILES string of the molecule is CNC(C)(CCCSc1nc(C)c(C)c(C)n1)C(=O)O. The van der Waals surface area contributed by atoms with Gasteiger partial charge in [-0.1, -0.05) is 11.8 Å². The van der Waals surface area contributed by atoms with Crippen LogP contribution < -0.4 is 5.32 Å². The van der Waals surface area contributed by atoms with Gasteiger partial charge in [0, 0.05) is 17.1 Å². The summed E-state index contributed by atoms with van der Waals surface area (Å²) in [4.78, 5) is 20.0. The molecule has 1 aromatic rings. The molecule has 1 rings (SSSR count). The lowest BCUT2D eigenvalue weighted by atomic mass is 9.97. The highest BCUT2D eigenvalue weighted by Gasteiger charge is 2.30. The van der Waals surface area contributed by atoms with Crippen LogP contribution in [0.3, 0.4) is 0 Å². The van der Waals surface area contributed by atoms with Gasteiger partial charge in [-0.15, -0.1) is 0 Å². The summed E-state index contributed by atoms with van der Waals surface area (Å²) >= 11 is 1.58. The molecule has 5 nitrogen and oxygen atoms in total. The summed E-state index contributed by atoms with van der Waals surface area (Å²) in [6.07, 6.45) is 1.37. The number of rotatable bonds is 7. The van der Waals surface area contributed by atoms with Crippen LogP contribution in [0.5, 0.6) is 0 Å². The fourth-order valence-corrected chi connectivity index (χ4v) is 2.61. The average Bonchev–Trinajstić information content (AvgIpc) is 2.40. The molecule has 2 N–H and O–H groups in total. The van der Waals surface area contributed by atoms with E-state index in [1.807, 2.05) is 20.8 Å². The first-order valence-electron chi connectivity index (χ1n) is 6.67. The maximum absolute atomic E-state index is 11.1. The van der Waals surface area contributed by atoms with Crippen molar-refractivity contribution >= 4 is 17.7 Å². The highest BCUT2D eigenvalue weighted by molar-refractivity contribution is 7.99. The molecule has 0 bridgehead atoms. The minimum Gasteiger partial charge on any atom is -0.480 e. The van der Waals surface area contributed by atoms with Crippen molar-refractivity contribution in [3.05, 3.63) is 17.0 Å². The van der Waals surface area contributed by atoms with Crippen LogP contribution >= 0.6 is 11.8 Å². The van der Waals surface area contributed by atoms with E-state index in [1.54, 1.807) is 25.7 Å². The molecule has 0 aromatic carbocycles. The first-order chi connectivity index (χ1) is 9.30. The van der Waals surface area contributed by atoms with E-state index >= 15 is 0 Å². The van der Waals surface area contributed by atoms with Gasteiger partial charge in [-0.25, -0.2) is 9.97 Å². The Balaban J connectivity index is 2.51. The van der Waals surface area contributed by atoms with Crippen molar-refractivity contribution in [3.8, 4) is 0 Å². The van der Waals surface area contributed by atoms with Crippen molar-refractivity contribution in [2.24, 2.45) is 0 Å². The van der Waals surface area contributed by atoms with Crippen LogP contribution in [0.2, 0.25) is 0 Å². The zero-order valence-corrected chi connectivity index (χ0v) is 13.6. The van der Waals surface area contributed by atoms with Gasteiger partial charge in [-0.05, 0) is 53.1 Å². The van der Waals surface area contributed by atoms with E-state index in [0.29, 0.717) is 6.42 Å². The van der Waals surface area contributed by atoms with E-state index in [2.05, 4.69) is 15.3 Å². The Morgan fingerprint density at radius 2 is 1.85 bits per heavy atom. The molecule has 0 radical (unpaired) electrons. The number of carbonyl (C=O) groups is 1. The van der Waals surface area contributed by atoms with Crippen LogP contribution in [0.4, 0.5) is 0 Å². The molecule has 1 aromatic heterocycles. The van der Waals surface area contributed by atoms with E-state index in [9.17, 15) is 4.79 Å². The van der Waals surface area contributed by atoms with Crippen molar-refractivity contribution < 1.29 is 9.90 Å². The molecule has 0 spiro atoms. The molecule has 112 valence electrons. The van der Waals surface area contributed by atoms with Crippen LogP contribution in [0.25, 0.3) is 0 Å². The van der Waals surface area contributed by atoms with Gasteiger partial charge in [-0.3, -0.25) is 4.79 Å². The maximum atomic E-state index is 11.1. The molecule has 0 fully saturated rings. The molecule has 0 saturated carbocycles. The van der Waals surface area contributed by atoms with Crippen LogP contribution in [-0.2, 0) is 4.79 Å². The molecule has 0 saturated heterocycles. The van der Waals surface area contributed by atoms with Gasteiger partial charge in [0.25, 0.3) is 0 Å². The van der Waals surface area contributed by atoms with E-state index in [1.165, 1.54) is 0 Å². The number of aryl methyl sites for hydroxylation is 2. The number of likely N-dealkylation sites (N-methyl/N-ethyl adjacent to an activating group) is 1. The number of hydrogen-bond acceptors (Lipinski definition) is 5. The van der Waals surface area contributed by atoms with Gasteiger partial charge in [0.05, 0.1) is 0 Å². The molecule has 0 aliphatic heterocycles. The number of nitrogens with one attached hydrogen (secondary N) is 1. The highest BCUT2D eigenvalue weighted by atomic mass is 32.2. The molecule has 0 amide bonds. The number of aromatic nitrogens is 2. The normalized spacial score (nSPS) is 14.1. The maximum Gasteiger partial charge on any atom is 0.323 e. The predicted octanol–water partition coefficient (Wildman–Crippen LogP) is 2.34. The third kappa shape index (κ3) is 4.18. The summed E-state index contributed by atoms with van der Waals surface area (Å²) in [5.74, 6) is -0.00442. The smallest absolute Gasteiger partial charge is 0.323 e. The van der Waals surface area contributed by atoms with E-state index in [-0.39, 0.29) is 0 Å². The highest BCUT2D eigenvalue weighted by Crippen LogP contribution is 2.20.